The van der Waals surface area contributed by atoms with Gasteiger partial charge in [-0.15, -0.1) is 5.92 Å². The summed E-state index contributed by atoms with van der Waals surface area (Å²) in [5.74, 6) is 4.21. The van der Waals surface area contributed by atoms with Crippen LogP contribution in [0.3, 0.4) is 0 Å². The molecule has 0 amide bonds. The van der Waals surface area contributed by atoms with Crippen molar-refractivity contribution in [3.8, 4) is 11.8 Å². The standard InChI is InChI=1S/C8H15O4PS/c1-4-5-8(6-13(2,3)9)7-14(10,11)12/h8H,6-7H2,1-3H3,(H,10,11,12). The summed E-state index contributed by atoms with van der Waals surface area (Å²) in [6, 6.07) is 0. The quantitative estimate of drug-likeness (QED) is 0.453. The fourth-order valence-electron chi connectivity index (χ4n) is 1.13. The Labute approximate surface area is 85.2 Å². The largest absolute Gasteiger partial charge is 0.324 e. The lowest BCUT2D eigenvalue weighted by Crippen LogP contribution is -2.17. The molecule has 0 aliphatic heterocycles. The number of hydrogen-bond acceptors (Lipinski definition) is 3. The Morgan fingerprint density at radius 2 is 1.93 bits per heavy atom. The van der Waals surface area contributed by atoms with Gasteiger partial charge in [0.25, 0.3) is 10.1 Å². The molecule has 0 saturated carbocycles. The molecule has 0 fully saturated rings. The van der Waals surface area contributed by atoms with Gasteiger partial charge in [-0.05, 0) is 20.3 Å². The Morgan fingerprint density at radius 3 is 2.21 bits per heavy atom. The lowest BCUT2D eigenvalue weighted by Gasteiger charge is -2.11. The molecule has 0 saturated heterocycles. The van der Waals surface area contributed by atoms with Crippen molar-refractivity contribution < 1.29 is 17.5 Å². The zero-order valence-electron chi connectivity index (χ0n) is 8.52. The first-order valence-corrected chi connectivity index (χ1v) is 8.45. The van der Waals surface area contributed by atoms with E-state index in [1.54, 1.807) is 20.3 Å². The van der Waals surface area contributed by atoms with E-state index in [1.807, 2.05) is 0 Å². The molecule has 1 N–H and O–H groups in total. The third-order valence-corrected chi connectivity index (χ3v) is 3.56. The highest BCUT2D eigenvalue weighted by atomic mass is 32.2. The molecule has 0 rings (SSSR count). The molecule has 0 aliphatic rings. The van der Waals surface area contributed by atoms with Gasteiger partial charge in [-0.3, -0.25) is 4.55 Å². The minimum atomic E-state index is -4.04. The van der Waals surface area contributed by atoms with Crippen LogP contribution in [0.5, 0.6) is 0 Å². The second-order valence-corrected chi connectivity index (χ2v) is 8.61. The summed E-state index contributed by atoms with van der Waals surface area (Å²) in [5, 5.41) is 0. The third-order valence-electron chi connectivity index (χ3n) is 1.42. The summed E-state index contributed by atoms with van der Waals surface area (Å²) in [6.07, 6.45) is 0.216. The van der Waals surface area contributed by atoms with E-state index in [9.17, 15) is 13.0 Å². The second kappa shape index (κ2) is 4.97. The molecule has 14 heavy (non-hydrogen) atoms. The molecule has 0 radical (unpaired) electrons. The maximum atomic E-state index is 11.4. The molecule has 1 unspecified atom stereocenters. The molecule has 0 spiro atoms. The Kier molecular flexibility index (Phi) is 4.87. The first kappa shape index (κ1) is 13.7. The molecule has 0 heterocycles. The minimum absolute atomic E-state index is 0.216. The van der Waals surface area contributed by atoms with E-state index in [2.05, 4.69) is 11.8 Å². The first-order chi connectivity index (χ1) is 6.14. The van der Waals surface area contributed by atoms with Gasteiger partial charge in [0.2, 0.25) is 0 Å². The molecule has 6 heteroatoms. The van der Waals surface area contributed by atoms with Crippen LogP contribution in [0.2, 0.25) is 0 Å². The van der Waals surface area contributed by atoms with Gasteiger partial charge in [-0.1, -0.05) is 5.92 Å². The van der Waals surface area contributed by atoms with Crippen molar-refractivity contribution in [1.82, 2.24) is 0 Å². The van der Waals surface area contributed by atoms with Crippen LogP contribution in [-0.4, -0.2) is 38.2 Å². The number of hydrogen-bond donors (Lipinski definition) is 1. The maximum Gasteiger partial charge on any atom is 0.266 e. The molecule has 1 atom stereocenters. The maximum absolute atomic E-state index is 11.4. The zero-order chi connectivity index (χ0) is 11.4. The lowest BCUT2D eigenvalue weighted by molar-refractivity contribution is 0.478. The average Bonchev–Trinajstić information content (AvgIpc) is 1.78. The van der Waals surface area contributed by atoms with Gasteiger partial charge in [0.15, 0.2) is 0 Å². The predicted molar refractivity (Wildman–Crippen MR) is 57.7 cm³/mol. The summed E-state index contributed by atoms with van der Waals surface area (Å²) in [4.78, 5) is 0. The smallest absolute Gasteiger partial charge is 0.266 e. The minimum Gasteiger partial charge on any atom is -0.324 e. The van der Waals surface area contributed by atoms with Crippen molar-refractivity contribution in [3.05, 3.63) is 0 Å². The molecular formula is C8H15O4PS. The van der Waals surface area contributed by atoms with E-state index in [0.717, 1.165) is 0 Å². The van der Waals surface area contributed by atoms with Crippen molar-refractivity contribution in [1.29, 1.82) is 0 Å². The molecule has 0 bridgehead atoms. The van der Waals surface area contributed by atoms with Crippen LogP contribution < -0.4 is 0 Å². The number of rotatable bonds is 4. The summed E-state index contributed by atoms with van der Waals surface area (Å²) >= 11 is 0. The van der Waals surface area contributed by atoms with Crippen LogP contribution in [-0.2, 0) is 14.7 Å². The van der Waals surface area contributed by atoms with E-state index in [-0.39, 0.29) is 6.16 Å². The summed E-state index contributed by atoms with van der Waals surface area (Å²) in [6.45, 7) is 4.72. The van der Waals surface area contributed by atoms with Crippen molar-refractivity contribution in [2.24, 2.45) is 5.92 Å². The van der Waals surface area contributed by atoms with Crippen LogP contribution >= 0.6 is 7.14 Å². The van der Waals surface area contributed by atoms with E-state index in [4.69, 9.17) is 4.55 Å². The summed E-state index contributed by atoms with van der Waals surface area (Å²) < 4.78 is 41.3. The molecule has 0 aromatic heterocycles. The molecule has 0 aliphatic carbocycles. The van der Waals surface area contributed by atoms with Crippen LogP contribution in [0, 0.1) is 17.8 Å². The normalized spacial score (nSPS) is 14.3. The molecule has 0 aromatic rings. The molecule has 0 aromatic carbocycles. The van der Waals surface area contributed by atoms with Gasteiger partial charge in [0.05, 0.1) is 12.9 Å². The van der Waals surface area contributed by atoms with Gasteiger partial charge >= 0.3 is 0 Å². The fourth-order valence-corrected chi connectivity index (χ4v) is 3.30. The Bertz CT molecular complexity index is 381. The molecule has 82 valence electrons. The van der Waals surface area contributed by atoms with Crippen molar-refractivity contribution in [2.45, 2.75) is 6.92 Å². The highest BCUT2D eigenvalue weighted by Crippen LogP contribution is 2.38. The van der Waals surface area contributed by atoms with Crippen molar-refractivity contribution in [2.75, 3.05) is 25.2 Å². The van der Waals surface area contributed by atoms with E-state index in [0.29, 0.717) is 0 Å². The third kappa shape index (κ3) is 8.31. The Hall–Kier alpha value is -0.300. The second-order valence-electron chi connectivity index (χ2n) is 3.60. The van der Waals surface area contributed by atoms with Gasteiger partial charge in [0, 0.05) is 12.1 Å². The fraction of sp³-hybridized carbons (Fsp3) is 0.750. The zero-order valence-corrected chi connectivity index (χ0v) is 10.2. The van der Waals surface area contributed by atoms with E-state index < -0.39 is 28.9 Å². The van der Waals surface area contributed by atoms with Crippen LogP contribution in [0.1, 0.15) is 6.92 Å². The molecule has 4 nitrogen and oxygen atoms in total. The van der Waals surface area contributed by atoms with Gasteiger partial charge in [0.1, 0.15) is 0 Å². The summed E-state index contributed by atoms with van der Waals surface area (Å²) in [7, 11) is -6.36. The van der Waals surface area contributed by atoms with Gasteiger partial charge in [-0.2, -0.15) is 8.42 Å². The van der Waals surface area contributed by atoms with Crippen molar-refractivity contribution >= 4 is 17.3 Å². The van der Waals surface area contributed by atoms with Crippen LogP contribution in [0.25, 0.3) is 0 Å². The van der Waals surface area contributed by atoms with Crippen molar-refractivity contribution in [3.63, 3.8) is 0 Å². The van der Waals surface area contributed by atoms with Crippen LogP contribution in [0.4, 0.5) is 0 Å². The average molecular weight is 238 g/mol. The Balaban J connectivity index is 4.61. The van der Waals surface area contributed by atoms with E-state index >= 15 is 0 Å². The topological polar surface area (TPSA) is 71.4 Å². The first-order valence-electron chi connectivity index (χ1n) is 4.05. The lowest BCUT2D eigenvalue weighted by atomic mass is 10.2. The monoisotopic (exact) mass is 238 g/mol. The highest BCUT2D eigenvalue weighted by Gasteiger charge is 2.20. The van der Waals surface area contributed by atoms with Gasteiger partial charge < -0.3 is 4.57 Å². The van der Waals surface area contributed by atoms with Gasteiger partial charge in [-0.25, -0.2) is 0 Å². The van der Waals surface area contributed by atoms with Crippen LogP contribution in [0.15, 0.2) is 0 Å². The van der Waals surface area contributed by atoms with E-state index in [1.165, 1.54) is 0 Å². The summed E-state index contributed by atoms with van der Waals surface area (Å²) in [5.41, 5.74) is 0. The Morgan fingerprint density at radius 1 is 1.43 bits per heavy atom. The molecular weight excluding hydrogens is 223 g/mol. The predicted octanol–water partition coefficient (Wildman–Crippen LogP) is 1.14. The SMILES string of the molecule is CC#CC(CP(C)(C)=O)CS(=O)(=O)O. The highest BCUT2D eigenvalue weighted by molar-refractivity contribution is 7.85.